The number of rotatable bonds is 7. The number of nitrogens with zero attached hydrogens (tertiary/aromatic N) is 2. The van der Waals surface area contributed by atoms with Crippen molar-refractivity contribution < 1.29 is 13.9 Å². The van der Waals surface area contributed by atoms with Crippen LogP contribution in [0.2, 0.25) is 0 Å². The molecule has 0 bridgehead atoms. The number of ether oxygens (including phenoxy) is 2. The predicted octanol–water partition coefficient (Wildman–Crippen LogP) is 3.74. The van der Waals surface area contributed by atoms with Crippen LogP contribution in [0.15, 0.2) is 46.0 Å². The molecule has 2 N–H and O–H groups in total. The average Bonchev–Trinajstić information content (AvgIpc) is 3.41. The van der Waals surface area contributed by atoms with E-state index < -0.39 is 0 Å². The molecular weight excluding hydrogens is 471 g/mol. The number of nitrogens with one attached hydrogen (secondary N) is 2. The van der Waals surface area contributed by atoms with E-state index in [1.165, 1.54) is 12.8 Å². The van der Waals surface area contributed by atoms with Gasteiger partial charge in [0, 0.05) is 25.3 Å². The van der Waals surface area contributed by atoms with Gasteiger partial charge in [0.2, 0.25) is 0 Å². The van der Waals surface area contributed by atoms with E-state index in [4.69, 9.17) is 13.9 Å². The van der Waals surface area contributed by atoms with Crippen molar-refractivity contribution in [2.75, 3.05) is 46.2 Å². The highest BCUT2D eigenvalue weighted by Gasteiger charge is 2.25. The third kappa shape index (κ3) is 5.54. The monoisotopic (exact) mass is 500 g/mol. The molecule has 28 heavy (non-hydrogen) atoms. The van der Waals surface area contributed by atoms with Gasteiger partial charge in [0.25, 0.3) is 0 Å². The van der Waals surface area contributed by atoms with E-state index in [0.29, 0.717) is 24.0 Å². The first-order chi connectivity index (χ1) is 13.2. The van der Waals surface area contributed by atoms with Gasteiger partial charge < -0.3 is 24.5 Å². The summed E-state index contributed by atoms with van der Waals surface area (Å²) in [6.07, 6.45) is 4.20. The highest BCUT2D eigenvalue weighted by molar-refractivity contribution is 14.0. The second-order valence-electron chi connectivity index (χ2n) is 6.42. The van der Waals surface area contributed by atoms with Crippen molar-refractivity contribution in [1.82, 2.24) is 10.2 Å². The Labute approximate surface area is 183 Å². The fourth-order valence-electron chi connectivity index (χ4n) is 3.37. The molecule has 0 saturated carbocycles. The van der Waals surface area contributed by atoms with Crippen molar-refractivity contribution in [3.05, 3.63) is 42.4 Å². The summed E-state index contributed by atoms with van der Waals surface area (Å²) in [4.78, 5) is 6.79. The zero-order chi connectivity index (χ0) is 19.1. The summed E-state index contributed by atoms with van der Waals surface area (Å²) in [5.41, 5.74) is 0.872. The van der Waals surface area contributed by atoms with Crippen LogP contribution in [-0.4, -0.2) is 51.8 Å². The summed E-state index contributed by atoms with van der Waals surface area (Å²) in [7, 11) is 5.01. The highest BCUT2D eigenvalue weighted by atomic mass is 127. The lowest BCUT2D eigenvalue weighted by Gasteiger charge is -2.26. The van der Waals surface area contributed by atoms with E-state index in [1.54, 1.807) is 27.5 Å². The van der Waals surface area contributed by atoms with Gasteiger partial charge in [0.05, 0.1) is 26.5 Å². The van der Waals surface area contributed by atoms with Crippen LogP contribution in [0.3, 0.4) is 0 Å². The number of hydrogen-bond donors (Lipinski definition) is 2. The SMILES string of the molecule is CN=C(NCC(c1ccco1)N1CCCC1)Nc1ccc(OC)c(OC)c1.I. The fraction of sp³-hybridized carbons (Fsp3) is 0.450. The maximum atomic E-state index is 5.68. The van der Waals surface area contributed by atoms with E-state index in [9.17, 15) is 0 Å². The number of anilines is 1. The Kier molecular flexibility index (Phi) is 8.91. The number of benzene rings is 1. The average molecular weight is 500 g/mol. The molecule has 2 aromatic rings. The molecule has 1 aromatic carbocycles. The molecule has 7 nitrogen and oxygen atoms in total. The van der Waals surface area contributed by atoms with Crippen molar-refractivity contribution >= 4 is 35.6 Å². The summed E-state index contributed by atoms with van der Waals surface area (Å²) in [5, 5.41) is 6.71. The van der Waals surface area contributed by atoms with Gasteiger partial charge in [-0.3, -0.25) is 9.89 Å². The number of aliphatic imine (C=N–C) groups is 1. The highest BCUT2D eigenvalue weighted by Crippen LogP contribution is 2.30. The van der Waals surface area contributed by atoms with Gasteiger partial charge in [-0.25, -0.2) is 0 Å². The number of halogens is 1. The Bertz CT molecular complexity index is 746. The molecule has 1 saturated heterocycles. The standard InChI is InChI=1S/C20H28N4O3.HI/c1-21-20(23-15-8-9-18(25-2)19(13-15)26-3)22-14-16(17-7-6-12-27-17)24-10-4-5-11-24;/h6-9,12-13,16H,4-5,10-11,14H2,1-3H3,(H2,21,22,23);1H. The van der Waals surface area contributed by atoms with Crippen LogP contribution in [-0.2, 0) is 0 Å². The second kappa shape index (κ2) is 11.2. The van der Waals surface area contributed by atoms with E-state index in [2.05, 4.69) is 20.5 Å². The first-order valence-electron chi connectivity index (χ1n) is 9.22. The van der Waals surface area contributed by atoms with Crippen LogP contribution < -0.4 is 20.1 Å². The molecule has 1 fully saturated rings. The van der Waals surface area contributed by atoms with Crippen LogP contribution in [0.1, 0.15) is 24.6 Å². The lowest BCUT2D eigenvalue weighted by Crippen LogP contribution is -2.39. The minimum absolute atomic E-state index is 0. The second-order valence-corrected chi connectivity index (χ2v) is 6.42. The Morgan fingerprint density at radius 3 is 2.54 bits per heavy atom. The maximum absolute atomic E-state index is 5.68. The largest absolute Gasteiger partial charge is 0.493 e. The molecule has 1 aliphatic heterocycles. The summed E-state index contributed by atoms with van der Waals surface area (Å²) in [6, 6.07) is 9.84. The van der Waals surface area contributed by atoms with Crippen molar-refractivity contribution in [3.63, 3.8) is 0 Å². The number of hydrogen-bond acceptors (Lipinski definition) is 5. The van der Waals surface area contributed by atoms with Gasteiger partial charge in [-0.05, 0) is 50.2 Å². The fourth-order valence-corrected chi connectivity index (χ4v) is 3.37. The first kappa shape index (κ1) is 22.4. The van der Waals surface area contributed by atoms with Crippen LogP contribution in [0, 0.1) is 0 Å². The van der Waals surface area contributed by atoms with E-state index >= 15 is 0 Å². The van der Waals surface area contributed by atoms with Gasteiger partial charge in [0.1, 0.15) is 5.76 Å². The van der Waals surface area contributed by atoms with Gasteiger partial charge in [0.15, 0.2) is 17.5 Å². The number of furan rings is 1. The molecule has 154 valence electrons. The quantitative estimate of drug-likeness (QED) is 0.343. The molecule has 0 aliphatic carbocycles. The van der Waals surface area contributed by atoms with Crippen LogP contribution in [0.5, 0.6) is 11.5 Å². The summed E-state index contributed by atoms with van der Waals surface area (Å²) < 4.78 is 16.3. The molecule has 0 spiro atoms. The van der Waals surface area contributed by atoms with Gasteiger partial charge in [-0.2, -0.15) is 0 Å². The molecule has 0 radical (unpaired) electrons. The molecular formula is C20H29IN4O3. The topological polar surface area (TPSA) is 71.3 Å². The van der Waals surface area contributed by atoms with Gasteiger partial charge >= 0.3 is 0 Å². The zero-order valence-corrected chi connectivity index (χ0v) is 18.9. The molecule has 0 amide bonds. The van der Waals surface area contributed by atoms with E-state index in [1.807, 2.05) is 30.3 Å². The van der Waals surface area contributed by atoms with Crippen molar-refractivity contribution in [3.8, 4) is 11.5 Å². The van der Waals surface area contributed by atoms with Crippen molar-refractivity contribution in [2.45, 2.75) is 18.9 Å². The molecule has 1 aromatic heterocycles. The number of likely N-dealkylation sites (tertiary alicyclic amines) is 1. The Balaban J connectivity index is 0.00000280. The smallest absolute Gasteiger partial charge is 0.195 e. The third-order valence-electron chi connectivity index (χ3n) is 4.79. The number of guanidine groups is 1. The van der Waals surface area contributed by atoms with E-state index in [0.717, 1.165) is 24.5 Å². The minimum Gasteiger partial charge on any atom is -0.493 e. The van der Waals surface area contributed by atoms with Crippen LogP contribution >= 0.6 is 24.0 Å². The Hall–Kier alpha value is -1.94. The molecule has 3 rings (SSSR count). The molecule has 1 unspecified atom stereocenters. The summed E-state index contributed by atoms with van der Waals surface area (Å²) in [5.74, 6) is 3.03. The maximum Gasteiger partial charge on any atom is 0.195 e. The Morgan fingerprint density at radius 2 is 1.93 bits per heavy atom. The van der Waals surface area contributed by atoms with Crippen molar-refractivity contribution in [2.24, 2.45) is 4.99 Å². The number of methoxy groups -OCH3 is 2. The lowest BCUT2D eigenvalue weighted by molar-refractivity contribution is 0.216. The first-order valence-corrected chi connectivity index (χ1v) is 9.22. The minimum atomic E-state index is 0. The van der Waals surface area contributed by atoms with Crippen LogP contribution in [0.25, 0.3) is 0 Å². The molecule has 1 atom stereocenters. The summed E-state index contributed by atoms with van der Waals surface area (Å²) >= 11 is 0. The van der Waals surface area contributed by atoms with Crippen molar-refractivity contribution in [1.29, 1.82) is 0 Å². The normalized spacial score (nSPS) is 15.6. The molecule has 1 aliphatic rings. The summed E-state index contributed by atoms with van der Waals surface area (Å²) in [6.45, 7) is 2.89. The van der Waals surface area contributed by atoms with Gasteiger partial charge in [-0.1, -0.05) is 0 Å². The van der Waals surface area contributed by atoms with Gasteiger partial charge in [-0.15, -0.1) is 24.0 Å². The van der Waals surface area contributed by atoms with Crippen LogP contribution in [0.4, 0.5) is 5.69 Å². The predicted molar refractivity (Wildman–Crippen MR) is 122 cm³/mol. The Morgan fingerprint density at radius 1 is 1.18 bits per heavy atom. The third-order valence-corrected chi connectivity index (χ3v) is 4.79. The zero-order valence-electron chi connectivity index (χ0n) is 16.6. The lowest BCUT2D eigenvalue weighted by atomic mass is 10.2. The molecule has 8 heteroatoms. The van der Waals surface area contributed by atoms with E-state index in [-0.39, 0.29) is 30.0 Å². The molecule has 2 heterocycles.